The molecule has 4 nitrogen and oxygen atoms in total. The summed E-state index contributed by atoms with van der Waals surface area (Å²) >= 11 is 0. The second kappa shape index (κ2) is 6.23. The fraction of sp³-hybridized carbons (Fsp3) is 0.538. The van der Waals surface area contributed by atoms with E-state index in [1.54, 1.807) is 0 Å². The van der Waals surface area contributed by atoms with Crippen molar-refractivity contribution in [3.05, 3.63) is 23.4 Å². The van der Waals surface area contributed by atoms with Crippen LogP contribution in [0.5, 0.6) is 0 Å². The summed E-state index contributed by atoms with van der Waals surface area (Å²) in [6.45, 7) is 7.96. The van der Waals surface area contributed by atoms with Gasteiger partial charge in [-0.3, -0.25) is 0 Å². The van der Waals surface area contributed by atoms with Crippen molar-refractivity contribution < 1.29 is 9.90 Å². The molecule has 4 heteroatoms. The third-order valence-corrected chi connectivity index (χ3v) is 2.64. The Morgan fingerprint density at radius 2 is 1.94 bits per heavy atom. The Balaban J connectivity index is 2.97. The molecule has 1 N–H and O–H groups in total. The van der Waals surface area contributed by atoms with E-state index in [2.05, 4.69) is 23.7 Å². The molecule has 0 atom stereocenters. The number of anilines is 1. The molecule has 17 heavy (non-hydrogen) atoms. The molecule has 1 heterocycles. The van der Waals surface area contributed by atoms with E-state index in [0.29, 0.717) is 0 Å². The minimum Gasteiger partial charge on any atom is -0.478 e. The Hall–Kier alpha value is -1.58. The quantitative estimate of drug-likeness (QED) is 0.825. The van der Waals surface area contributed by atoms with E-state index >= 15 is 0 Å². The van der Waals surface area contributed by atoms with Crippen LogP contribution in [-0.2, 0) is 0 Å². The lowest BCUT2D eigenvalue weighted by Crippen LogP contribution is -2.26. The molecule has 0 unspecified atom stereocenters. The van der Waals surface area contributed by atoms with Crippen LogP contribution in [0.25, 0.3) is 0 Å². The van der Waals surface area contributed by atoms with Crippen molar-refractivity contribution in [2.75, 3.05) is 18.0 Å². The van der Waals surface area contributed by atoms with Crippen molar-refractivity contribution in [1.82, 2.24) is 4.98 Å². The zero-order valence-electron chi connectivity index (χ0n) is 10.7. The number of aryl methyl sites for hydroxylation is 1. The first-order chi connectivity index (χ1) is 8.10. The first-order valence-corrected chi connectivity index (χ1v) is 6.05. The number of aromatic carboxylic acids is 1. The Bertz CT molecular complexity index is 385. The van der Waals surface area contributed by atoms with Gasteiger partial charge >= 0.3 is 5.97 Å². The topological polar surface area (TPSA) is 53.4 Å². The second-order valence-electron chi connectivity index (χ2n) is 4.15. The minimum atomic E-state index is -0.918. The maximum Gasteiger partial charge on any atom is 0.337 e. The number of pyridine rings is 1. The summed E-state index contributed by atoms with van der Waals surface area (Å²) in [5.74, 6) is -0.0460. The van der Waals surface area contributed by atoms with Gasteiger partial charge in [0.15, 0.2) is 0 Å². The van der Waals surface area contributed by atoms with Crippen molar-refractivity contribution in [2.45, 2.75) is 33.6 Å². The van der Waals surface area contributed by atoms with E-state index in [0.717, 1.165) is 37.3 Å². The summed E-state index contributed by atoms with van der Waals surface area (Å²) in [4.78, 5) is 17.3. The molecule has 0 amide bonds. The molecule has 0 aliphatic rings. The lowest BCUT2D eigenvalue weighted by Gasteiger charge is -2.23. The fourth-order valence-corrected chi connectivity index (χ4v) is 1.82. The number of carboxylic acid groups (broad SMARTS) is 1. The number of carboxylic acids is 1. The number of nitrogens with zero attached hydrogens (tertiary/aromatic N) is 2. The summed E-state index contributed by atoms with van der Waals surface area (Å²) < 4.78 is 0. The average molecular weight is 236 g/mol. The smallest absolute Gasteiger partial charge is 0.337 e. The molecule has 1 aromatic heterocycles. The molecule has 94 valence electrons. The number of hydrogen-bond acceptors (Lipinski definition) is 3. The molecule has 0 aromatic carbocycles. The van der Waals surface area contributed by atoms with Crippen molar-refractivity contribution in [3.8, 4) is 0 Å². The minimum absolute atomic E-state index is 0.279. The Labute approximate surface area is 102 Å². The average Bonchev–Trinajstić information content (AvgIpc) is 2.28. The van der Waals surface area contributed by atoms with Gasteiger partial charge in [0.1, 0.15) is 5.82 Å². The largest absolute Gasteiger partial charge is 0.478 e. The lowest BCUT2D eigenvalue weighted by molar-refractivity contribution is 0.0695. The molecule has 0 saturated heterocycles. The molecule has 0 radical (unpaired) electrons. The Morgan fingerprint density at radius 3 is 2.35 bits per heavy atom. The van der Waals surface area contributed by atoms with E-state index in [-0.39, 0.29) is 5.56 Å². The zero-order valence-corrected chi connectivity index (χ0v) is 10.7. The highest BCUT2D eigenvalue weighted by molar-refractivity contribution is 5.89. The van der Waals surface area contributed by atoms with Gasteiger partial charge in [-0.2, -0.15) is 0 Å². The Kier molecular flexibility index (Phi) is 4.94. The fourth-order valence-electron chi connectivity index (χ4n) is 1.82. The van der Waals surface area contributed by atoms with Gasteiger partial charge in [0.25, 0.3) is 0 Å². The van der Waals surface area contributed by atoms with Crippen LogP contribution in [0.4, 0.5) is 5.82 Å². The van der Waals surface area contributed by atoms with Crippen molar-refractivity contribution in [1.29, 1.82) is 0 Å². The van der Waals surface area contributed by atoms with Crippen molar-refractivity contribution >= 4 is 11.8 Å². The zero-order chi connectivity index (χ0) is 12.8. The van der Waals surface area contributed by atoms with Crippen LogP contribution < -0.4 is 4.90 Å². The van der Waals surface area contributed by atoms with Gasteiger partial charge in [0.05, 0.1) is 5.56 Å². The van der Waals surface area contributed by atoms with E-state index in [1.807, 2.05) is 13.0 Å². The summed E-state index contributed by atoms with van der Waals surface area (Å²) in [5.41, 5.74) is 1.04. The van der Waals surface area contributed by atoms with E-state index < -0.39 is 5.97 Å². The first-order valence-electron chi connectivity index (χ1n) is 6.05. The number of hydrogen-bond donors (Lipinski definition) is 1. The molecule has 0 fully saturated rings. The van der Waals surface area contributed by atoms with Crippen LogP contribution in [0.3, 0.4) is 0 Å². The Morgan fingerprint density at radius 1 is 1.35 bits per heavy atom. The molecule has 0 aliphatic carbocycles. The standard InChI is InChI=1S/C13H20N2O2/c1-4-6-15(7-5-2)12-8-10(3)11(9-14-12)13(16)17/h8-9H,4-7H2,1-3H3,(H,16,17). The van der Waals surface area contributed by atoms with Crippen LogP contribution in [0.15, 0.2) is 12.3 Å². The lowest BCUT2D eigenvalue weighted by atomic mass is 10.1. The highest BCUT2D eigenvalue weighted by Gasteiger charge is 2.11. The van der Waals surface area contributed by atoms with E-state index in [1.165, 1.54) is 6.20 Å². The van der Waals surface area contributed by atoms with Crippen LogP contribution in [0.1, 0.15) is 42.6 Å². The third kappa shape index (κ3) is 3.44. The van der Waals surface area contributed by atoms with Gasteiger partial charge in [-0.15, -0.1) is 0 Å². The van der Waals surface area contributed by atoms with Crippen molar-refractivity contribution in [2.24, 2.45) is 0 Å². The molecule has 1 rings (SSSR count). The number of carbonyl (C=O) groups is 1. The van der Waals surface area contributed by atoms with Gasteiger partial charge in [0, 0.05) is 19.3 Å². The number of rotatable bonds is 6. The maximum atomic E-state index is 10.9. The molecule has 1 aromatic rings. The highest BCUT2D eigenvalue weighted by Crippen LogP contribution is 2.16. The summed E-state index contributed by atoms with van der Waals surface area (Å²) in [7, 11) is 0. The molecular weight excluding hydrogens is 216 g/mol. The number of aromatic nitrogens is 1. The molecule has 0 spiro atoms. The van der Waals surface area contributed by atoms with E-state index in [4.69, 9.17) is 5.11 Å². The maximum absolute atomic E-state index is 10.9. The van der Waals surface area contributed by atoms with Crippen LogP contribution in [0, 0.1) is 6.92 Å². The predicted octanol–water partition coefficient (Wildman–Crippen LogP) is 2.71. The van der Waals surface area contributed by atoms with Crippen molar-refractivity contribution in [3.63, 3.8) is 0 Å². The molecule has 0 bridgehead atoms. The predicted molar refractivity (Wildman–Crippen MR) is 68.7 cm³/mol. The third-order valence-electron chi connectivity index (χ3n) is 2.64. The summed E-state index contributed by atoms with van der Waals surface area (Å²) in [5, 5.41) is 8.95. The van der Waals surface area contributed by atoms with Gasteiger partial charge in [-0.25, -0.2) is 9.78 Å². The van der Waals surface area contributed by atoms with Crippen LogP contribution in [-0.4, -0.2) is 29.1 Å². The second-order valence-corrected chi connectivity index (χ2v) is 4.15. The van der Waals surface area contributed by atoms with Crippen LogP contribution >= 0.6 is 0 Å². The monoisotopic (exact) mass is 236 g/mol. The molecule has 0 saturated carbocycles. The van der Waals surface area contributed by atoms with Crippen LogP contribution in [0.2, 0.25) is 0 Å². The van der Waals surface area contributed by atoms with Gasteiger partial charge in [0.2, 0.25) is 0 Å². The van der Waals surface area contributed by atoms with Gasteiger partial charge < -0.3 is 10.0 Å². The highest BCUT2D eigenvalue weighted by atomic mass is 16.4. The first kappa shape index (κ1) is 13.5. The molecule has 0 aliphatic heterocycles. The van der Waals surface area contributed by atoms with Gasteiger partial charge in [-0.05, 0) is 31.4 Å². The normalized spacial score (nSPS) is 10.3. The summed E-state index contributed by atoms with van der Waals surface area (Å²) in [6.07, 6.45) is 3.56. The summed E-state index contributed by atoms with van der Waals surface area (Å²) in [6, 6.07) is 1.86. The molecular formula is C13H20N2O2. The van der Waals surface area contributed by atoms with E-state index in [9.17, 15) is 4.79 Å². The van der Waals surface area contributed by atoms with Gasteiger partial charge in [-0.1, -0.05) is 13.8 Å². The SMILES string of the molecule is CCCN(CCC)c1cc(C)c(C(=O)O)cn1.